The van der Waals surface area contributed by atoms with E-state index in [0.717, 1.165) is 41.4 Å². The molecular formula is C51H62O9. The van der Waals surface area contributed by atoms with E-state index in [4.69, 9.17) is 37.9 Å². The maximum absolute atomic E-state index is 10.5. The van der Waals surface area contributed by atoms with Gasteiger partial charge in [-0.15, -0.1) is 0 Å². The Morgan fingerprint density at radius 1 is 0.517 bits per heavy atom. The summed E-state index contributed by atoms with van der Waals surface area (Å²) in [5.74, 6) is 4.67. The summed E-state index contributed by atoms with van der Waals surface area (Å²) in [6.45, 7) is 16.3. The lowest BCUT2D eigenvalue weighted by atomic mass is 9.78. The smallest absolute Gasteiger partial charge is 0.223 e. The van der Waals surface area contributed by atoms with Crippen LogP contribution in [0.3, 0.4) is 0 Å². The van der Waals surface area contributed by atoms with Gasteiger partial charge >= 0.3 is 0 Å². The maximum Gasteiger partial charge on any atom is 0.223 e. The van der Waals surface area contributed by atoms with Crippen LogP contribution < -0.4 is 23.7 Å². The van der Waals surface area contributed by atoms with E-state index in [1.807, 2.05) is 60.7 Å². The van der Waals surface area contributed by atoms with Gasteiger partial charge in [-0.05, 0) is 101 Å². The van der Waals surface area contributed by atoms with E-state index in [-0.39, 0.29) is 44.1 Å². The van der Waals surface area contributed by atoms with Crippen molar-refractivity contribution in [3.8, 4) is 28.7 Å². The Kier molecular flexibility index (Phi) is 14.8. The number of aliphatic hydroxyl groups is 1. The zero-order chi connectivity index (χ0) is 41.4. The fraction of sp³-hybridized carbons (Fsp3) is 0.412. The van der Waals surface area contributed by atoms with E-state index in [2.05, 4.69) is 102 Å². The lowest BCUT2D eigenvalue weighted by Gasteiger charge is -2.26. The van der Waals surface area contributed by atoms with Crippen LogP contribution in [0.1, 0.15) is 76.8 Å². The van der Waals surface area contributed by atoms with E-state index in [9.17, 15) is 5.11 Å². The number of rotatable bonds is 19. The monoisotopic (exact) mass is 818 g/mol. The van der Waals surface area contributed by atoms with Crippen LogP contribution in [0.2, 0.25) is 0 Å². The third-order valence-corrected chi connectivity index (χ3v) is 10.7. The van der Waals surface area contributed by atoms with Gasteiger partial charge in [-0.2, -0.15) is 0 Å². The number of aliphatic hydroxyl groups excluding tert-OH is 1. The van der Waals surface area contributed by atoms with E-state index < -0.39 is 6.10 Å². The summed E-state index contributed by atoms with van der Waals surface area (Å²) < 4.78 is 44.0. The Hall–Kier alpha value is -5.06. The van der Waals surface area contributed by atoms with Gasteiger partial charge in [0.1, 0.15) is 74.0 Å². The number of epoxide rings is 3. The molecule has 0 bridgehead atoms. The molecule has 3 aliphatic heterocycles. The summed E-state index contributed by atoms with van der Waals surface area (Å²) >= 11 is 0. The number of benzene rings is 5. The second-order valence-electron chi connectivity index (χ2n) is 16.9. The van der Waals surface area contributed by atoms with Gasteiger partial charge in [0.25, 0.3) is 0 Å². The molecule has 1 N–H and O–H groups in total. The molecule has 3 heterocycles. The highest BCUT2D eigenvalue weighted by Gasteiger charge is 2.28. The van der Waals surface area contributed by atoms with Crippen LogP contribution in [0, 0.1) is 5.92 Å². The van der Waals surface area contributed by atoms with Gasteiger partial charge < -0.3 is 43.0 Å². The molecule has 3 unspecified atom stereocenters. The molecule has 5 aromatic carbocycles. The number of hydrogen-bond acceptors (Lipinski definition) is 9. The van der Waals surface area contributed by atoms with Crippen LogP contribution in [0.4, 0.5) is 0 Å². The molecule has 3 saturated heterocycles. The predicted molar refractivity (Wildman–Crippen MR) is 235 cm³/mol. The van der Waals surface area contributed by atoms with Crippen LogP contribution in [0.5, 0.6) is 28.7 Å². The first-order valence-corrected chi connectivity index (χ1v) is 20.7. The molecule has 0 spiro atoms. The van der Waals surface area contributed by atoms with Crippen molar-refractivity contribution in [1.29, 1.82) is 0 Å². The molecular weight excluding hydrogens is 757 g/mol. The van der Waals surface area contributed by atoms with Crippen molar-refractivity contribution in [3.63, 3.8) is 0 Å². The van der Waals surface area contributed by atoms with Gasteiger partial charge in [0, 0.05) is 10.8 Å². The molecule has 0 aliphatic carbocycles. The van der Waals surface area contributed by atoms with Crippen molar-refractivity contribution in [3.05, 3.63) is 149 Å². The fourth-order valence-electron chi connectivity index (χ4n) is 6.67. The Labute approximate surface area is 356 Å². The Balaban J connectivity index is 0.000000317. The SMILES string of the molecule is C.CC(C)(c1ccc(OCC(O)COc2ccc(C(C)(C)c3ccc(OC4CO4)cc3)cc2)cc1)c1ccc(OC2CO2)cc1.CC(C)Cc1ccc(OCC2CO2)cc1. The molecule has 0 aromatic heterocycles. The minimum Gasteiger partial charge on any atom is -0.491 e. The summed E-state index contributed by atoms with van der Waals surface area (Å²) in [4.78, 5) is 0. The average molecular weight is 819 g/mol. The second kappa shape index (κ2) is 20.0. The lowest BCUT2D eigenvalue weighted by Crippen LogP contribution is -2.25. The maximum atomic E-state index is 10.5. The predicted octanol–water partition coefficient (Wildman–Crippen LogP) is 9.93. The first kappa shape index (κ1) is 44.5. The fourth-order valence-corrected chi connectivity index (χ4v) is 6.67. The van der Waals surface area contributed by atoms with E-state index in [0.29, 0.717) is 43.3 Å². The molecule has 60 heavy (non-hydrogen) atoms. The summed E-state index contributed by atoms with van der Waals surface area (Å²) in [7, 11) is 0. The van der Waals surface area contributed by atoms with Crippen LogP contribution in [0.15, 0.2) is 121 Å². The van der Waals surface area contributed by atoms with Gasteiger partial charge in [-0.25, -0.2) is 0 Å². The Morgan fingerprint density at radius 3 is 1.18 bits per heavy atom. The molecule has 0 amide bonds. The summed E-state index contributed by atoms with van der Waals surface area (Å²) in [6, 6.07) is 40.7. The third kappa shape index (κ3) is 13.0. The van der Waals surface area contributed by atoms with Crippen molar-refractivity contribution in [2.75, 3.05) is 39.6 Å². The van der Waals surface area contributed by atoms with Gasteiger partial charge in [-0.1, -0.05) is 110 Å². The minimum absolute atomic E-state index is 0. The molecule has 9 nitrogen and oxygen atoms in total. The molecule has 3 fully saturated rings. The van der Waals surface area contributed by atoms with Gasteiger partial charge in [-0.3, -0.25) is 0 Å². The van der Waals surface area contributed by atoms with E-state index in [1.54, 1.807) is 0 Å². The Bertz CT molecular complexity index is 1910. The Morgan fingerprint density at radius 2 is 0.850 bits per heavy atom. The largest absolute Gasteiger partial charge is 0.491 e. The van der Waals surface area contributed by atoms with Crippen LogP contribution in [-0.2, 0) is 31.5 Å². The molecule has 8 rings (SSSR count). The third-order valence-electron chi connectivity index (χ3n) is 10.7. The standard InChI is InChI=1S/C37H40O7.C13H18O2.CH4/c1-36(2,27-9-17-32(18-10-27)43-34-23-41-34)25-5-13-30(14-6-25)39-21-29(38)22-40-31-15-7-26(8-16-31)37(3,4)28-11-19-33(20-12-28)44-35-24-42-35;1-10(2)7-11-3-5-12(6-4-11)14-8-13-9-15-13;/h5-20,29,34-35,38H,21-24H2,1-4H3;3-6,10,13H,7-9H2,1-2H3;1H4. The van der Waals surface area contributed by atoms with Crippen LogP contribution in [0.25, 0.3) is 0 Å². The van der Waals surface area contributed by atoms with Crippen LogP contribution in [-0.4, -0.2) is 69.5 Å². The number of hydrogen-bond donors (Lipinski definition) is 1. The normalized spacial score (nSPS) is 18.2. The molecule has 3 atom stereocenters. The van der Waals surface area contributed by atoms with Crippen molar-refractivity contribution >= 4 is 0 Å². The van der Waals surface area contributed by atoms with Crippen molar-refractivity contribution in [2.45, 2.75) is 91.0 Å². The van der Waals surface area contributed by atoms with E-state index in [1.165, 1.54) is 16.7 Å². The average Bonchev–Trinajstić information content (AvgIpc) is 4.08. The highest BCUT2D eigenvalue weighted by Crippen LogP contribution is 2.35. The molecule has 0 saturated carbocycles. The highest BCUT2D eigenvalue weighted by molar-refractivity contribution is 5.43. The zero-order valence-electron chi connectivity index (χ0n) is 35.1. The first-order chi connectivity index (χ1) is 28.4. The molecule has 9 heteroatoms. The van der Waals surface area contributed by atoms with Crippen molar-refractivity contribution in [1.82, 2.24) is 0 Å². The van der Waals surface area contributed by atoms with Crippen LogP contribution >= 0.6 is 0 Å². The van der Waals surface area contributed by atoms with Gasteiger partial charge in [0.2, 0.25) is 12.6 Å². The van der Waals surface area contributed by atoms with E-state index >= 15 is 0 Å². The molecule has 0 radical (unpaired) electrons. The van der Waals surface area contributed by atoms with Crippen molar-refractivity contribution in [2.24, 2.45) is 5.92 Å². The van der Waals surface area contributed by atoms with Crippen molar-refractivity contribution < 1.29 is 43.0 Å². The summed E-state index contributed by atoms with van der Waals surface area (Å²) in [6.07, 6.45) is 0.488. The molecule has 3 aliphatic rings. The quantitative estimate of drug-likeness (QED) is 0.0816. The minimum atomic E-state index is -0.772. The molecule has 5 aromatic rings. The summed E-state index contributed by atoms with van der Waals surface area (Å²) in [5, 5.41) is 10.5. The van der Waals surface area contributed by atoms with Gasteiger partial charge in [0.05, 0.1) is 6.61 Å². The topological polar surface area (TPSA) is 104 Å². The zero-order valence-corrected chi connectivity index (χ0v) is 35.1. The van der Waals surface area contributed by atoms with Gasteiger partial charge in [0.15, 0.2) is 0 Å². The summed E-state index contributed by atoms with van der Waals surface area (Å²) in [5.41, 5.74) is 5.67. The highest BCUT2D eigenvalue weighted by atomic mass is 16.8. The first-order valence-electron chi connectivity index (χ1n) is 20.7. The number of ether oxygens (including phenoxy) is 8. The molecule has 320 valence electrons. The second-order valence-corrected chi connectivity index (χ2v) is 16.9. The lowest BCUT2D eigenvalue weighted by molar-refractivity contribution is 0.0626.